The quantitative estimate of drug-likeness (QED) is 0.796. The molecule has 1 aromatic heterocycles. The second kappa shape index (κ2) is 4.28. The van der Waals surface area contributed by atoms with E-state index >= 15 is 0 Å². The molecule has 0 radical (unpaired) electrons. The second-order valence-corrected chi connectivity index (χ2v) is 3.85. The number of aromatic nitrogens is 3. The smallest absolute Gasteiger partial charge is 0.125 e. The van der Waals surface area contributed by atoms with E-state index in [1.54, 1.807) is 6.20 Å². The van der Waals surface area contributed by atoms with Crippen molar-refractivity contribution in [2.24, 2.45) is 0 Å². The number of rotatable bonds is 2. The average Bonchev–Trinajstić information content (AvgIpc) is 2.70. The van der Waals surface area contributed by atoms with Crippen molar-refractivity contribution in [3.05, 3.63) is 40.9 Å². The molecule has 0 aliphatic carbocycles. The number of nitrogens with zero attached hydrogens (tertiary/aromatic N) is 3. The molecule has 2 aromatic rings. The van der Waals surface area contributed by atoms with Crippen LogP contribution in [-0.2, 0) is 5.33 Å². The number of hydrogen-bond donors (Lipinski definition) is 0. The number of halogens is 3. The maximum absolute atomic E-state index is 13.0. The van der Waals surface area contributed by atoms with Gasteiger partial charge in [0.05, 0.1) is 22.6 Å². The summed E-state index contributed by atoms with van der Waals surface area (Å²) in [7, 11) is 0. The van der Waals surface area contributed by atoms with Crippen LogP contribution in [0.3, 0.4) is 0 Å². The van der Waals surface area contributed by atoms with E-state index < -0.39 is 0 Å². The van der Waals surface area contributed by atoms with Crippen molar-refractivity contribution in [2.75, 3.05) is 0 Å². The highest BCUT2D eigenvalue weighted by Crippen LogP contribution is 2.20. The predicted molar refractivity (Wildman–Crippen MR) is 59.0 cm³/mol. The third-order valence-corrected chi connectivity index (χ3v) is 2.73. The summed E-state index contributed by atoms with van der Waals surface area (Å²) in [4.78, 5) is 0. The van der Waals surface area contributed by atoms with Gasteiger partial charge < -0.3 is 0 Å². The Labute approximate surface area is 99.0 Å². The van der Waals surface area contributed by atoms with Crippen LogP contribution >= 0.6 is 27.5 Å². The third kappa shape index (κ3) is 2.18. The van der Waals surface area contributed by atoms with E-state index in [0.717, 1.165) is 5.69 Å². The van der Waals surface area contributed by atoms with Crippen molar-refractivity contribution in [2.45, 2.75) is 5.33 Å². The number of hydrogen-bond acceptors (Lipinski definition) is 2. The largest absolute Gasteiger partial charge is 0.219 e. The van der Waals surface area contributed by atoms with E-state index in [-0.39, 0.29) is 5.82 Å². The van der Waals surface area contributed by atoms with E-state index in [2.05, 4.69) is 26.2 Å². The maximum Gasteiger partial charge on any atom is 0.125 e. The Balaban J connectivity index is 2.48. The second-order valence-electron chi connectivity index (χ2n) is 2.88. The topological polar surface area (TPSA) is 30.7 Å². The lowest BCUT2D eigenvalue weighted by molar-refractivity contribution is 0.625. The number of benzene rings is 1. The zero-order valence-electron chi connectivity index (χ0n) is 7.49. The molecule has 0 spiro atoms. The summed E-state index contributed by atoms with van der Waals surface area (Å²) in [6, 6.07) is 4.10. The van der Waals surface area contributed by atoms with Crippen LogP contribution in [0.15, 0.2) is 24.4 Å². The lowest BCUT2D eigenvalue weighted by Crippen LogP contribution is -1.96. The normalized spacial score (nSPS) is 10.6. The van der Waals surface area contributed by atoms with Crippen LogP contribution in [0.5, 0.6) is 0 Å². The van der Waals surface area contributed by atoms with Crippen molar-refractivity contribution in [1.82, 2.24) is 15.0 Å². The summed E-state index contributed by atoms with van der Waals surface area (Å²) in [6.45, 7) is 0. The van der Waals surface area contributed by atoms with Crippen LogP contribution < -0.4 is 0 Å². The first-order valence-corrected chi connectivity index (χ1v) is 5.63. The Hall–Kier alpha value is -0.940. The van der Waals surface area contributed by atoms with Crippen molar-refractivity contribution >= 4 is 27.5 Å². The fraction of sp³-hybridized carbons (Fsp3) is 0.111. The summed E-state index contributed by atoms with van der Waals surface area (Å²) in [6.07, 6.45) is 1.69. The molecular weight excluding hydrogens is 284 g/mol. The highest BCUT2D eigenvalue weighted by Gasteiger charge is 2.07. The monoisotopic (exact) mass is 289 g/mol. The minimum atomic E-state index is -0.356. The van der Waals surface area contributed by atoms with Crippen LogP contribution in [0, 0.1) is 5.82 Å². The molecule has 3 nitrogen and oxygen atoms in total. The lowest BCUT2D eigenvalue weighted by Gasteiger charge is -2.02. The zero-order valence-corrected chi connectivity index (χ0v) is 9.83. The van der Waals surface area contributed by atoms with Crippen LogP contribution in [-0.4, -0.2) is 15.0 Å². The van der Waals surface area contributed by atoms with Crippen LogP contribution in [0.2, 0.25) is 5.02 Å². The molecule has 0 bridgehead atoms. The Kier molecular flexibility index (Phi) is 3.02. The zero-order chi connectivity index (χ0) is 10.8. The maximum atomic E-state index is 13.0. The SMILES string of the molecule is Fc1ccc(Cl)c(-n2cc(CBr)nn2)c1. The van der Waals surface area contributed by atoms with Gasteiger partial charge in [0.15, 0.2) is 0 Å². The molecule has 0 atom stereocenters. The Bertz CT molecular complexity index is 486. The van der Waals surface area contributed by atoms with E-state index in [4.69, 9.17) is 11.6 Å². The summed E-state index contributed by atoms with van der Waals surface area (Å²) < 4.78 is 14.4. The molecule has 0 aliphatic rings. The molecule has 0 amide bonds. The predicted octanol–water partition coefficient (Wildman–Crippen LogP) is 2.95. The van der Waals surface area contributed by atoms with Crippen molar-refractivity contribution in [1.29, 1.82) is 0 Å². The van der Waals surface area contributed by atoms with Gasteiger partial charge in [-0.15, -0.1) is 5.10 Å². The standard InChI is InChI=1S/C9H6BrClFN3/c10-4-7-5-15(14-13-7)9-3-6(12)1-2-8(9)11/h1-3,5H,4H2. The Morgan fingerprint density at radius 1 is 1.47 bits per heavy atom. The van der Waals surface area contributed by atoms with Gasteiger partial charge in [-0.3, -0.25) is 0 Å². The summed E-state index contributed by atoms with van der Waals surface area (Å²) in [5.74, 6) is -0.356. The van der Waals surface area contributed by atoms with Gasteiger partial charge in [-0.1, -0.05) is 32.7 Å². The van der Waals surface area contributed by atoms with Crippen molar-refractivity contribution < 1.29 is 4.39 Å². The van der Waals surface area contributed by atoms with Crippen molar-refractivity contribution in [3.8, 4) is 5.69 Å². The Morgan fingerprint density at radius 2 is 2.27 bits per heavy atom. The first-order valence-electron chi connectivity index (χ1n) is 4.13. The molecule has 15 heavy (non-hydrogen) atoms. The first kappa shape index (κ1) is 10.6. The summed E-state index contributed by atoms with van der Waals surface area (Å²) >= 11 is 9.17. The van der Waals surface area contributed by atoms with Crippen LogP contribution in [0.25, 0.3) is 5.69 Å². The van der Waals surface area contributed by atoms with Gasteiger partial charge in [0.25, 0.3) is 0 Å². The highest BCUT2D eigenvalue weighted by atomic mass is 79.9. The number of alkyl halides is 1. The molecule has 6 heteroatoms. The van der Waals surface area contributed by atoms with E-state index in [9.17, 15) is 4.39 Å². The first-order chi connectivity index (χ1) is 7.20. The fourth-order valence-corrected chi connectivity index (χ4v) is 1.60. The van der Waals surface area contributed by atoms with Gasteiger partial charge in [-0.2, -0.15) is 0 Å². The minimum absolute atomic E-state index is 0.356. The summed E-state index contributed by atoms with van der Waals surface area (Å²) in [5.41, 5.74) is 1.24. The van der Waals surface area contributed by atoms with Crippen molar-refractivity contribution in [3.63, 3.8) is 0 Å². The molecule has 0 aliphatic heterocycles. The highest BCUT2D eigenvalue weighted by molar-refractivity contribution is 9.08. The van der Waals surface area contributed by atoms with Crippen LogP contribution in [0.4, 0.5) is 4.39 Å². The Morgan fingerprint density at radius 3 is 2.93 bits per heavy atom. The molecule has 1 heterocycles. The lowest BCUT2D eigenvalue weighted by atomic mass is 10.3. The van der Waals surface area contributed by atoms with Gasteiger partial charge in [0.2, 0.25) is 0 Å². The molecule has 0 unspecified atom stereocenters. The van der Waals surface area contributed by atoms with E-state index in [0.29, 0.717) is 16.0 Å². The van der Waals surface area contributed by atoms with Gasteiger partial charge in [0.1, 0.15) is 5.82 Å². The van der Waals surface area contributed by atoms with Gasteiger partial charge in [-0.05, 0) is 12.1 Å². The molecule has 0 saturated heterocycles. The molecular formula is C9H6BrClFN3. The van der Waals surface area contributed by atoms with Crippen LogP contribution in [0.1, 0.15) is 5.69 Å². The van der Waals surface area contributed by atoms with Gasteiger partial charge in [0, 0.05) is 11.4 Å². The minimum Gasteiger partial charge on any atom is -0.219 e. The fourth-order valence-electron chi connectivity index (χ4n) is 1.14. The molecule has 0 N–H and O–H groups in total. The van der Waals surface area contributed by atoms with Gasteiger partial charge >= 0.3 is 0 Å². The summed E-state index contributed by atoms with van der Waals surface area (Å²) in [5, 5.41) is 8.74. The molecule has 0 saturated carbocycles. The third-order valence-electron chi connectivity index (χ3n) is 1.83. The molecule has 0 fully saturated rings. The molecule has 2 rings (SSSR count). The average molecular weight is 291 g/mol. The van der Waals surface area contributed by atoms with Gasteiger partial charge in [-0.25, -0.2) is 9.07 Å². The van der Waals surface area contributed by atoms with E-state index in [1.807, 2.05) is 0 Å². The van der Waals surface area contributed by atoms with E-state index in [1.165, 1.54) is 22.9 Å². The molecule has 1 aromatic carbocycles. The molecule has 78 valence electrons.